The van der Waals surface area contributed by atoms with Gasteiger partial charge in [0, 0.05) is 11.6 Å². The van der Waals surface area contributed by atoms with Crippen LogP contribution in [0.3, 0.4) is 0 Å². The first kappa shape index (κ1) is 14.0. The highest BCUT2D eigenvalue weighted by molar-refractivity contribution is 5.44. The number of rotatable bonds is 3. The van der Waals surface area contributed by atoms with Gasteiger partial charge in [-0.1, -0.05) is 24.3 Å². The van der Waals surface area contributed by atoms with Crippen molar-refractivity contribution in [2.24, 2.45) is 5.73 Å². The molecule has 1 aliphatic carbocycles. The first-order chi connectivity index (χ1) is 10.1. The zero-order valence-corrected chi connectivity index (χ0v) is 12.6. The average molecular weight is 283 g/mol. The van der Waals surface area contributed by atoms with E-state index >= 15 is 0 Å². The number of ether oxygens (including phenoxy) is 2. The zero-order chi connectivity index (χ0) is 14.9. The van der Waals surface area contributed by atoms with E-state index in [1.807, 2.05) is 18.2 Å². The van der Waals surface area contributed by atoms with Crippen molar-refractivity contribution in [3.8, 4) is 11.5 Å². The van der Waals surface area contributed by atoms with E-state index in [0.29, 0.717) is 0 Å². The van der Waals surface area contributed by atoms with Crippen molar-refractivity contribution in [2.75, 3.05) is 14.2 Å². The van der Waals surface area contributed by atoms with Gasteiger partial charge in [0.05, 0.1) is 14.2 Å². The summed E-state index contributed by atoms with van der Waals surface area (Å²) in [7, 11) is 3.33. The molecule has 21 heavy (non-hydrogen) atoms. The number of methoxy groups -OCH3 is 2. The molecule has 0 radical (unpaired) electrons. The number of nitrogens with two attached hydrogens (primary N) is 1. The SMILES string of the molecule is COc1cc(OC)cc(C2(N)CCc3ccccc3C2)c1. The molecular formula is C18H21NO2. The second kappa shape index (κ2) is 5.41. The molecule has 0 fully saturated rings. The largest absolute Gasteiger partial charge is 0.497 e. The van der Waals surface area contributed by atoms with Gasteiger partial charge in [-0.15, -0.1) is 0 Å². The highest BCUT2D eigenvalue weighted by Crippen LogP contribution is 2.37. The lowest BCUT2D eigenvalue weighted by Crippen LogP contribution is -2.42. The van der Waals surface area contributed by atoms with Crippen LogP contribution in [0.25, 0.3) is 0 Å². The molecule has 0 spiro atoms. The third-order valence-electron chi connectivity index (χ3n) is 4.39. The highest BCUT2D eigenvalue weighted by Gasteiger charge is 2.32. The van der Waals surface area contributed by atoms with Crippen LogP contribution in [-0.4, -0.2) is 14.2 Å². The van der Waals surface area contributed by atoms with E-state index in [4.69, 9.17) is 15.2 Å². The smallest absolute Gasteiger partial charge is 0.122 e. The second-order valence-corrected chi connectivity index (χ2v) is 5.70. The summed E-state index contributed by atoms with van der Waals surface area (Å²) in [5.41, 5.74) is 10.2. The summed E-state index contributed by atoms with van der Waals surface area (Å²) in [6.45, 7) is 0. The first-order valence-electron chi connectivity index (χ1n) is 7.24. The van der Waals surface area contributed by atoms with Crippen molar-refractivity contribution in [1.29, 1.82) is 0 Å². The standard InChI is InChI=1S/C18H21NO2/c1-20-16-9-15(10-17(11-16)21-2)18(19)8-7-13-5-3-4-6-14(13)12-18/h3-6,9-11H,7-8,12,19H2,1-2H3. The topological polar surface area (TPSA) is 44.5 Å². The van der Waals surface area contributed by atoms with Crippen LogP contribution in [0.4, 0.5) is 0 Å². The Hall–Kier alpha value is -2.00. The van der Waals surface area contributed by atoms with Crippen molar-refractivity contribution < 1.29 is 9.47 Å². The van der Waals surface area contributed by atoms with E-state index in [0.717, 1.165) is 36.3 Å². The van der Waals surface area contributed by atoms with Crippen LogP contribution in [0, 0.1) is 0 Å². The number of aryl methyl sites for hydroxylation is 1. The normalized spacial score (nSPS) is 20.7. The summed E-state index contributed by atoms with van der Waals surface area (Å²) in [4.78, 5) is 0. The molecule has 0 aliphatic heterocycles. The van der Waals surface area contributed by atoms with E-state index in [-0.39, 0.29) is 5.54 Å². The van der Waals surface area contributed by atoms with E-state index in [1.54, 1.807) is 14.2 Å². The Bertz CT molecular complexity index is 631. The summed E-state index contributed by atoms with van der Waals surface area (Å²) in [5, 5.41) is 0. The Morgan fingerprint density at radius 2 is 1.57 bits per heavy atom. The van der Waals surface area contributed by atoms with Crippen molar-refractivity contribution in [1.82, 2.24) is 0 Å². The molecule has 2 aromatic carbocycles. The van der Waals surface area contributed by atoms with Gasteiger partial charge in [-0.25, -0.2) is 0 Å². The van der Waals surface area contributed by atoms with Crippen LogP contribution in [0.5, 0.6) is 11.5 Å². The van der Waals surface area contributed by atoms with Gasteiger partial charge < -0.3 is 15.2 Å². The van der Waals surface area contributed by atoms with Crippen LogP contribution < -0.4 is 15.2 Å². The van der Waals surface area contributed by atoms with Gasteiger partial charge in [0.15, 0.2) is 0 Å². The van der Waals surface area contributed by atoms with Crippen LogP contribution in [-0.2, 0) is 18.4 Å². The Balaban J connectivity index is 2.00. The third kappa shape index (κ3) is 2.61. The Kier molecular flexibility index (Phi) is 3.60. The first-order valence-corrected chi connectivity index (χ1v) is 7.24. The molecular weight excluding hydrogens is 262 g/mol. The predicted octanol–water partition coefficient (Wildman–Crippen LogP) is 3.05. The van der Waals surface area contributed by atoms with Crippen LogP contribution in [0.15, 0.2) is 42.5 Å². The van der Waals surface area contributed by atoms with Crippen LogP contribution in [0.2, 0.25) is 0 Å². The van der Waals surface area contributed by atoms with E-state index in [2.05, 4.69) is 24.3 Å². The zero-order valence-electron chi connectivity index (χ0n) is 12.6. The van der Waals surface area contributed by atoms with Crippen molar-refractivity contribution >= 4 is 0 Å². The van der Waals surface area contributed by atoms with E-state index in [9.17, 15) is 0 Å². The molecule has 0 bridgehead atoms. The van der Waals surface area contributed by atoms with Gasteiger partial charge in [0.25, 0.3) is 0 Å². The number of hydrogen-bond acceptors (Lipinski definition) is 3. The maximum atomic E-state index is 6.73. The molecule has 1 aliphatic rings. The van der Waals surface area contributed by atoms with Gasteiger partial charge >= 0.3 is 0 Å². The summed E-state index contributed by atoms with van der Waals surface area (Å²) in [6.07, 6.45) is 2.78. The molecule has 3 rings (SSSR count). The molecule has 1 unspecified atom stereocenters. The molecule has 2 aromatic rings. The molecule has 3 heteroatoms. The number of fused-ring (bicyclic) bond motifs is 1. The third-order valence-corrected chi connectivity index (χ3v) is 4.39. The van der Waals surface area contributed by atoms with Gasteiger partial charge in [-0.3, -0.25) is 0 Å². The van der Waals surface area contributed by atoms with Crippen molar-refractivity contribution in [3.05, 3.63) is 59.2 Å². The predicted molar refractivity (Wildman–Crippen MR) is 83.9 cm³/mol. The summed E-state index contributed by atoms with van der Waals surface area (Å²) < 4.78 is 10.7. The van der Waals surface area contributed by atoms with Crippen LogP contribution >= 0.6 is 0 Å². The molecule has 0 saturated carbocycles. The maximum absolute atomic E-state index is 6.73. The molecule has 0 amide bonds. The van der Waals surface area contributed by atoms with Gasteiger partial charge in [-0.2, -0.15) is 0 Å². The van der Waals surface area contributed by atoms with Crippen LogP contribution in [0.1, 0.15) is 23.1 Å². The molecule has 3 nitrogen and oxygen atoms in total. The summed E-state index contributed by atoms with van der Waals surface area (Å²) in [6, 6.07) is 14.5. The van der Waals surface area contributed by atoms with Crippen molar-refractivity contribution in [2.45, 2.75) is 24.8 Å². The van der Waals surface area contributed by atoms with Gasteiger partial charge in [0.1, 0.15) is 11.5 Å². The fourth-order valence-corrected chi connectivity index (χ4v) is 3.10. The fraction of sp³-hybridized carbons (Fsp3) is 0.333. The minimum atomic E-state index is -0.365. The maximum Gasteiger partial charge on any atom is 0.122 e. The Labute approximate surface area is 125 Å². The van der Waals surface area contributed by atoms with E-state index < -0.39 is 0 Å². The quantitative estimate of drug-likeness (QED) is 0.941. The summed E-state index contributed by atoms with van der Waals surface area (Å²) in [5.74, 6) is 1.57. The fourth-order valence-electron chi connectivity index (χ4n) is 3.10. The van der Waals surface area contributed by atoms with E-state index in [1.165, 1.54) is 11.1 Å². The molecule has 0 saturated heterocycles. The molecule has 0 heterocycles. The number of hydrogen-bond donors (Lipinski definition) is 1. The molecule has 110 valence electrons. The lowest BCUT2D eigenvalue weighted by atomic mass is 9.74. The number of benzene rings is 2. The lowest BCUT2D eigenvalue weighted by Gasteiger charge is -2.35. The Morgan fingerprint density at radius 3 is 2.19 bits per heavy atom. The van der Waals surface area contributed by atoms with Gasteiger partial charge in [-0.05, 0) is 48.1 Å². The minimum absolute atomic E-state index is 0.365. The second-order valence-electron chi connectivity index (χ2n) is 5.70. The van der Waals surface area contributed by atoms with Crippen molar-refractivity contribution in [3.63, 3.8) is 0 Å². The molecule has 0 aromatic heterocycles. The molecule has 1 atom stereocenters. The molecule has 2 N–H and O–H groups in total. The average Bonchev–Trinajstić information content (AvgIpc) is 2.54. The minimum Gasteiger partial charge on any atom is -0.497 e. The summed E-state index contributed by atoms with van der Waals surface area (Å²) >= 11 is 0. The monoisotopic (exact) mass is 283 g/mol. The lowest BCUT2D eigenvalue weighted by molar-refractivity contribution is 0.367. The van der Waals surface area contributed by atoms with Gasteiger partial charge in [0.2, 0.25) is 0 Å². The highest BCUT2D eigenvalue weighted by atomic mass is 16.5. The Morgan fingerprint density at radius 1 is 0.952 bits per heavy atom.